The van der Waals surface area contributed by atoms with Crippen LogP contribution < -0.4 is 15.8 Å². The molecule has 2 N–H and O–H groups in total. The number of amides is 1. The van der Waals surface area contributed by atoms with E-state index in [9.17, 15) is 18.0 Å². The lowest BCUT2D eigenvalue weighted by molar-refractivity contribution is -0.131. The summed E-state index contributed by atoms with van der Waals surface area (Å²) in [4.78, 5) is 31.8. The van der Waals surface area contributed by atoms with Crippen molar-refractivity contribution in [2.45, 2.75) is 43.5 Å². The normalized spacial score (nSPS) is 15.5. The van der Waals surface area contributed by atoms with Crippen molar-refractivity contribution in [1.29, 1.82) is 0 Å². The molecule has 2 heterocycles. The van der Waals surface area contributed by atoms with Gasteiger partial charge in [-0.05, 0) is 68.4 Å². The first kappa shape index (κ1) is 26.8. The summed E-state index contributed by atoms with van der Waals surface area (Å²) in [5.41, 5.74) is 2.89. The number of benzene rings is 1. The minimum Gasteiger partial charge on any atom is -0.476 e. The van der Waals surface area contributed by atoms with Crippen LogP contribution in [0.2, 0.25) is 0 Å². The average molecular weight is 529 g/mol. The standard InChI is InChI=1S/C26H32N4O6S/c1-26(25(32)28-33,37(3,34)35)11-13-30-12-10-19-16-18(4-8-22(19)24(30)31)20-5-9-23(27-17-20)36-15-14-29(2)21-6-7-21/h4-5,8-10,12,16-17,21,33H,6-7,11,13-15H2,1-3H3,(H,28,32). The van der Waals surface area contributed by atoms with E-state index in [1.807, 2.05) is 24.3 Å². The van der Waals surface area contributed by atoms with Crippen LogP contribution in [0.4, 0.5) is 0 Å². The van der Waals surface area contributed by atoms with Crippen molar-refractivity contribution in [3.05, 3.63) is 59.1 Å². The summed E-state index contributed by atoms with van der Waals surface area (Å²) in [6.45, 7) is 2.65. The zero-order chi connectivity index (χ0) is 26.8. The van der Waals surface area contributed by atoms with Gasteiger partial charge < -0.3 is 14.2 Å². The second kappa shape index (κ2) is 10.6. The van der Waals surface area contributed by atoms with E-state index in [0.29, 0.717) is 23.9 Å². The molecule has 1 atom stereocenters. The molecule has 4 rings (SSSR count). The smallest absolute Gasteiger partial charge is 0.264 e. The van der Waals surface area contributed by atoms with E-state index in [-0.39, 0.29) is 18.5 Å². The molecule has 10 nitrogen and oxygen atoms in total. The zero-order valence-corrected chi connectivity index (χ0v) is 22.0. The molecule has 37 heavy (non-hydrogen) atoms. The van der Waals surface area contributed by atoms with E-state index in [2.05, 4.69) is 16.9 Å². The first-order chi connectivity index (χ1) is 17.5. The van der Waals surface area contributed by atoms with Crippen molar-refractivity contribution in [2.24, 2.45) is 0 Å². The number of hydrogen-bond acceptors (Lipinski definition) is 8. The van der Waals surface area contributed by atoms with Gasteiger partial charge in [-0.1, -0.05) is 6.07 Å². The van der Waals surface area contributed by atoms with Gasteiger partial charge in [0.05, 0.1) is 0 Å². The molecule has 1 unspecified atom stereocenters. The van der Waals surface area contributed by atoms with E-state index in [4.69, 9.17) is 9.94 Å². The Balaban J connectivity index is 1.47. The number of nitrogens with one attached hydrogen (secondary N) is 1. The van der Waals surface area contributed by atoms with Crippen LogP contribution in [0.5, 0.6) is 5.88 Å². The molecule has 0 aliphatic heterocycles. The molecule has 2 aromatic heterocycles. The van der Waals surface area contributed by atoms with Gasteiger partial charge in [0.25, 0.3) is 11.5 Å². The topological polar surface area (TPSA) is 131 Å². The second-order valence-electron chi connectivity index (χ2n) is 9.76. The fourth-order valence-corrected chi connectivity index (χ4v) is 5.04. The molecule has 0 spiro atoms. The molecule has 0 bridgehead atoms. The molecular formula is C26H32N4O6S. The van der Waals surface area contributed by atoms with E-state index >= 15 is 0 Å². The van der Waals surface area contributed by atoms with Crippen LogP contribution >= 0.6 is 0 Å². The molecule has 1 saturated carbocycles. The number of carbonyl (C=O) groups excluding carboxylic acids is 1. The van der Waals surface area contributed by atoms with Gasteiger partial charge in [-0.2, -0.15) is 0 Å². The summed E-state index contributed by atoms with van der Waals surface area (Å²) in [6, 6.07) is 11.7. The Labute approximate surface area is 215 Å². The number of aryl methyl sites for hydroxylation is 1. The van der Waals surface area contributed by atoms with Crippen LogP contribution in [0, 0.1) is 0 Å². The Bertz CT molecular complexity index is 1450. The van der Waals surface area contributed by atoms with E-state index in [1.165, 1.54) is 29.8 Å². The van der Waals surface area contributed by atoms with Crippen LogP contribution in [0.1, 0.15) is 26.2 Å². The maximum absolute atomic E-state index is 13.1. The molecule has 0 saturated heterocycles. The molecule has 1 aliphatic carbocycles. The molecule has 1 aromatic carbocycles. The third kappa shape index (κ3) is 5.84. The number of likely N-dealkylation sites (N-methyl/N-ethyl adjacent to an activating group) is 1. The lowest BCUT2D eigenvalue weighted by Gasteiger charge is -2.25. The van der Waals surface area contributed by atoms with Gasteiger partial charge in [0.2, 0.25) is 5.88 Å². The van der Waals surface area contributed by atoms with Gasteiger partial charge in [0.15, 0.2) is 14.6 Å². The Hall–Kier alpha value is -3.28. The third-order valence-corrected chi connectivity index (χ3v) is 9.17. The number of sulfone groups is 1. The van der Waals surface area contributed by atoms with Crippen LogP contribution in [-0.4, -0.2) is 71.2 Å². The van der Waals surface area contributed by atoms with Crippen molar-refractivity contribution in [3.8, 4) is 17.0 Å². The highest BCUT2D eigenvalue weighted by molar-refractivity contribution is 7.92. The monoisotopic (exact) mass is 528 g/mol. The van der Waals surface area contributed by atoms with Crippen LogP contribution in [0.25, 0.3) is 21.9 Å². The van der Waals surface area contributed by atoms with E-state index in [0.717, 1.165) is 29.3 Å². The van der Waals surface area contributed by atoms with Crippen molar-refractivity contribution >= 4 is 26.5 Å². The number of fused-ring (bicyclic) bond motifs is 1. The number of pyridine rings is 2. The lowest BCUT2D eigenvalue weighted by atomic mass is 10.0. The number of carbonyl (C=O) groups is 1. The van der Waals surface area contributed by atoms with Crippen LogP contribution in [0.15, 0.2) is 53.6 Å². The highest BCUT2D eigenvalue weighted by Crippen LogP contribution is 2.26. The number of hydrogen-bond donors (Lipinski definition) is 2. The molecule has 3 aromatic rings. The summed E-state index contributed by atoms with van der Waals surface area (Å²) >= 11 is 0. The van der Waals surface area contributed by atoms with Gasteiger partial charge in [-0.25, -0.2) is 18.9 Å². The third-order valence-electron chi connectivity index (χ3n) is 7.14. The summed E-state index contributed by atoms with van der Waals surface area (Å²) in [5.74, 6) is -0.475. The molecular weight excluding hydrogens is 496 g/mol. The van der Waals surface area contributed by atoms with Crippen molar-refractivity contribution in [3.63, 3.8) is 0 Å². The van der Waals surface area contributed by atoms with E-state index in [1.54, 1.807) is 24.5 Å². The summed E-state index contributed by atoms with van der Waals surface area (Å²) < 4.78 is 29.6. The molecule has 1 aliphatic rings. The fourth-order valence-electron chi connectivity index (χ4n) is 4.19. The molecule has 1 fully saturated rings. The molecule has 198 valence electrons. The predicted octanol–water partition coefficient (Wildman–Crippen LogP) is 2.24. The molecule has 0 radical (unpaired) electrons. The van der Waals surface area contributed by atoms with E-state index < -0.39 is 20.5 Å². The highest BCUT2D eigenvalue weighted by Gasteiger charge is 2.43. The first-order valence-corrected chi connectivity index (χ1v) is 14.0. The minimum absolute atomic E-state index is 0.0185. The van der Waals surface area contributed by atoms with Gasteiger partial charge in [-0.15, -0.1) is 0 Å². The Morgan fingerprint density at radius 1 is 1.24 bits per heavy atom. The average Bonchev–Trinajstić information content (AvgIpc) is 3.73. The van der Waals surface area contributed by atoms with Gasteiger partial charge >= 0.3 is 0 Å². The number of ether oxygens (including phenoxy) is 1. The Morgan fingerprint density at radius 3 is 2.59 bits per heavy atom. The first-order valence-electron chi connectivity index (χ1n) is 12.1. The Morgan fingerprint density at radius 2 is 1.97 bits per heavy atom. The Kier molecular flexibility index (Phi) is 7.67. The SMILES string of the molecule is CN(CCOc1ccc(-c2ccc3c(=O)n(CCC(C)(C(=O)NO)S(C)(=O)=O)ccc3c2)cn1)C1CC1. The van der Waals surface area contributed by atoms with Gasteiger partial charge in [-0.3, -0.25) is 14.8 Å². The highest BCUT2D eigenvalue weighted by atomic mass is 32.2. The summed E-state index contributed by atoms with van der Waals surface area (Å²) in [7, 11) is -1.75. The fraction of sp³-hybridized carbons (Fsp3) is 0.423. The second-order valence-corrected chi connectivity index (χ2v) is 12.2. The number of rotatable bonds is 11. The van der Waals surface area contributed by atoms with Gasteiger partial charge in [0, 0.05) is 54.8 Å². The number of hydroxylamine groups is 1. The quantitative estimate of drug-likeness (QED) is 0.286. The maximum atomic E-state index is 13.1. The van der Waals surface area contributed by atoms with Crippen molar-refractivity contribution < 1.29 is 23.2 Å². The number of aromatic nitrogens is 2. The van der Waals surface area contributed by atoms with Gasteiger partial charge in [0.1, 0.15) is 6.61 Å². The summed E-state index contributed by atoms with van der Waals surface area (Å²) in [6.07, 6.45) is 6.57. The maximum Gasteiger partial charge on any atom is 0.264 e. The zero-order valence-electron chi connectivity index (χ0n) is 21.2. The number of nitrogens with zero attached hydrogens (tertiary/aromatic N) is 3. The summed E-state index contributed by atoms with van der Waals surface area (Å²) in [5, 5.41) is 10.2. The lowest BCUT2D eigenvalue weighted by Crippen LogP contribution is -2.49. The van der Waals surface area contributed by atoms with Crippen molar-refractivity contribution in [2.75, 3.05) is 26.5 Å². The van der Waals surface area contributed by atoms with Crippen LogP contribution in [0.3, 0.4) is 0 Å². The van der Waals surface area contributed by atoms with Crippen LogP contribution in [-0.2, 0) is 21.2 Å². The van der Waals surface area contributed by atoms with Crippen molar-refractivity contribution in [1.82, 2.24) is 19.9 Å². The molecule has 11 heteroatoms. The molecule has 1 amide bonds. The predicted molar refractivity (Wildman–Crippen MR) is 140 cm³/mol. The largest absolute Gasteiger partial charge is 0.476 e. The minimum atomic E-state index is -3.86.